The van der Waals surface area contributed by atoms with Gasteiger partial charge in [-0.25, -0.2) is 9.97 Å². The first-order valence-electron chi connectivity index (χ1n) is 4.54. The average molecular weight is 209 g/mol. The number of aromatic nitrogens is 2. The normalized spacial score (nSPS) is 11.0. The molecule has 0 radical (unpaired) electrons. The minimum Gasteiger partial charge on any atom is -0.319 e. The van der Waals surface area contributed by atoms with E-state index in [1.165, 1.54) is 0 Å². The van der Waals surface area contributed by atoms with Gasteiger partial charge < -0.3 is 5.32 Å². The highest BCUT2D eigenvalue weighted by Gasteiger charge is 1.91. The van der Waals surface area contributed by atoms with Crippen LogP contribution in [0, 0.1) is 0 Å². The van der Waals surface area contributed by atoms with Crippen LogP contribution >= 0.6 is 11.8 Å². The molecule has 1 N–H and O–H groups in total. The molecule has 0 aromatic carbocycles. The highest BCUT2D eigenvalue weighted by molar-refractivity contribution is 7.98. The Kier molecular flexibility index (Phi) is 5.25. The average Bonchev–Trinajstić information content (AvgIpc) is 2.25. The summed E-state index contributed by atoms with van der Waals surface area (Å²) in [4.78, 5) is 8.36. The molecule has 0 spiro atoms. The second kappa shape index (κ2) is 6.56. The van der Waals surface area contributed by atoms with Crippen LogP contribution in [-0.4, -0.2) is 29.8 Å². The highest BCUT2D eigenvalue weighted by atomic mass is 32.2. The van der Waals surface area contributed by atoms with Crippen molar-refractivity contribution in [1.29, 1.82) is 0 Å². The molecule has 0 fully saturated rings. The second-order valence-electron chi connectivity index (χ2n) is 2.80. The molecule has 0 atom stereocenters. The van der Waals surface area contributed by atoms with Crippen molar-refractivity contribution in [3.63, 3.8) is 0 Å². The number of rotatable bonds is 5. The molecule has 1 heterocycles. The predicted molar refractivity (Wildman–Crippen MR) is 61.4 cm³/mol. The molecule has 0 bridgehead atoms. The Morgan fingerprint density at radius 3 is 2.71 bits per heavy atom. The van der Waals surface area contributed by atoms with Gasteiger partial charge in [0.05, 0.1) is 0 Å². The summed E-state index contributed by atoms with van der Waals surface area (Å²) in [7, 11) is 1.95. The molecule has 1 rings (SSSR count). The molecule has 76 valence electrons. The molecule has 4 heteroatoms. The van der Waals surface area contributed by atoms with Crippen molar-refractivity contribution in [3.05, 3.63) is 24.0 Å². The van der Waals surface area contributed by atoms with Crippen LogP contribution in [0.5, 0.6) is 0 Å². The lowest BCUT2D eigenvalue weighted by molar-refractivity contribution is 0.809. The fourth-order valence-electron chi connectivity index (χ4n) is 0.965. The smallest absolute Gasteiger partial charge is 0.187 e. The van der Waals surface area contributed by atoms with Crippen LogP contribution < -0.4 is 5.32 Å². The minimum absolute atomic E-state index is 0.817. The summed E-state index contributed by atoms with van der Waals surface area (Å²) in [5, 5.41) is 3.90. The molecule has 1 aromatic heterocycles. The van der Waals surface area contributed by atoms with Crippen LogP contribution in [0.25, 0.3) is 6.08 Å². The van der Waals surface area contributed by atoms with Gasteiger partial charge in [-0.2, -0.15) is 0 Å². The van der Waals surface area contributed by atoms with E-state index < -0.39 is 0 Å². The summed E-state index contributed by atoms with van der Waals surface area (Å²) in [6.07, 6.45) is 10.8. The van der Waals surface area contributed by atoms with Crippen LogP contribution in [0.1, 0.15) is 12.0 Å². The number of hydrogen-bond acceptors (Lipinski definition) is 4. The molecular formula is C10H15N3S. The van der Waals surface area contributed by atoms with E-state index in [1.807, 2.05) is 31.8 Å². The van der Waals surface area contributed by atoms with Gasteiger partial charge in [0.1, 0.15) is 0 Å². The fourth-order valence-corrected chi connectivity index (χ4v) is 1.28. The maximum atomic E-state index is 4.18. The zero-order chi connectivity index (χ0) is 10.2. The van der Waals surface area contributed by atoms with Crippen molar-refractivity contribution in [2.45, 2.75) is 11.6 Å². The zero-order valence-electron chi connectivity index (χ0n) is 8.53. The van der Waals surface area contributed by atoms with E-state index in [0.717, 1.165) is 23.7 Å². The Balaban J connectivity index is 2.47. The van der Waals surface area contributed by atoms with Crippen molar-refractivity contribution in [2.75, 3.05) is 19.8 Å². The van der Waals surface area contributed by atoms with Crippen molar-refractivity contribution >= 4 is 17.8 Å². The van der Waals surface area contributed by atoms with Crippen molar-refractivity contribution < 1.29 is 0 Å². The van der Waals surface area contributed by atoms with Crippen molar-refractivity contribution in [3.8, 4) is 0 Å². The minimum atomic E-state index is 0.817. The van der Waals surface area contributed by atoms with Crippen LogP contribution in [0.3, 0.4) is 0 Å². The van der Waals surface area contributed by atoms with E-state index in [9.17, 15) is 0 Å². The molecular weight excluding hydrogens is 194 g/mol. The van der Waals surface area contributed by atoms with Gasteiger partial charge in [-0.05, 0) is 26.3 Å². The van der Waals surface area contributed by atoms with E-state index in [0.29, 0.717) is 0 Å². The third kappa shape index (κ3) is 3.89. The molecule has 0 saturated carbocycles. The quantitative estimate of drug-likeness (QED) is 0.456. The van der Waals surface area contributed by atoms with Gasteiger partial charge in [-0.3, -0.25) is 0 Å². The predicted octanol–water partition coefficient (Wildman–Crippen LogP) is 1.82. The third-order valence-electron chi connectivity index (χ3n) is 1.70. The molecule has 1 aromatic rings. The lowest BCUT2D eigenvalue weighted by Gasteiger charge is -1.95. The molecule has 0 aliphatic carbocycles. The van der Waals surface area contributed by atoms with E-state index in [-0.39, 0.29) is 0 Å². The number of hydrogen-bond donors (Lipinski definition) is 1. The molecule has 0 amide bonds. The SMILES string of the molecule is CNCCC=Cc1cnc(SC)nc1. The highest BCUT2D eigenvalue weighted by Crippen LogP contribution is 2.07. The molecule has 14 heavy (non-hydrogen) atoms. The third-order valence-corrected chi connectivity index (χ3v) is 2.28. The van der Waals surface area contributed by atoms with Gasteiger partial charge in [0, 0.05) is 18.0 Å². The van der Waals surface area contributed by atoms with Gasteiger partial charge in [0.25, 0.3) is 0 Å². The molecule has 0 aliphatic heterocycles. The standard InChI is InChI=1S/C10H15N3S/c1-11-6-4-3-5-9-7-12-10(14-2)13-8-9/h3,5,7-8,11H,4,6H2,1-2H3. The second-order valence-corrected chi connectivity index (χ2v) is 3.57. The maximum Gasteiger partial charge on any atom is 0.187 e. The van der Waals surface area contributed by atoms with Gasteiger partial charge in [-0.1, -0.05) is 23.9 Å². The monoisotopic (exact) mass is 209 g/mol. The Bertz CT molecular complexity index is 282. The van der Waals surface area contributed by atoms with Crippen LogP contribution in [0.15, 0.2) is 23.6 Å². The maximum absolute atomic E-state index is 4.18. The lowest BCUT2D eigenvalue weighted by atomic mass is 10.3. The first-order chi connectivity index (χ1) is 6.86. The zero-order valence-corrected chi connectivity index (χ0v) is 9.34. The van der Waals surface area contributed by atoms with E-state index in [1.54, 1.807) is 11.8 Å². The Hall–Kier alpha value is -0.870. The Morgan fingerprint density at radius 1 is 1.43 bits per heavy atom. The lowest BCUT2D eigenvalue weighted by Crippen LogP contribution is -2.05. The van der Waals surface area contributed by atoms with E-state index in [4.69, 9.17) is 0 Å². The first kappa shape index (κ1) is 11.2. The molecule has 0 unspecified atom stereocenters. The van der Waals surface area contributed by atoms with Crippen molar-refractivity contribution in [2.24, 2.45) is 0 Å². The van der Waals surface area contributed by atoms with E-state index in [2.05, 4.69) is 21.4 Å². The van der Waals surface area contributed by atoms with Gasteiger partial charge >= 0.3 is 0 Å². The van der Waals surface area contributed by atoms with Gasteiger partial charge in [0.15, 0.2) is 5.16 Å². The van der Waals surface area contributed by atoms with Crippen LogP contribution in [0.2, 0.25) is 0 Å². The van der Waals surface area contributed by atoms with Crippen LogP contribution in [0.4, 0.5) is 0 Å². The largest absolute Gasteiger partial charge is 0.319 e. The summed E-state index contributed by atoms with van der Waals surface area (Å²) >= 11 is 1.55. The first-order valence-corrected chi connectivity index (χ1v) is 5.76. The summed E-state index contributed by atoms with van der Waals surface area (Å²) in [5.41, 5.74) is 1.05. The molecule has 0 aliphatic rings. The number of nitrogens with zero attached hydrogens (tertiary/aromatic N) is 2. The molecule has 0 saturated heterocycles. The van der Waals surface area contributed by atoms with Crippen molar-refractivity contribution in [1.82, 2.24) is 15.3 Å². The Morgan fingerprint density at radius 2 is 2.14 bits per heavy atom. The Labute approximate surface area is 89.0 Å². The summed E-state index contributed by atoms with van der Waals surface area (Å²) in [6.45, 7) is 1.00. The van der Waals surface area contributed by atoms with Gasteiger partial charge in [0.2, 0.25) is 0 Å². The molecule has 3 nitrogen and oxygen atoms in total. The summed E-state index contributed by atoms with van der Waals surface area (Å²) in [5.74, 6) is 0. The topological polar surface area (TPSA) is 37.8 Å². The number of thioether (sulfide) groups is 1. The summed E-state index contributed by atoms with van der Waals surface area (Å²) < 4.78 is 0. The van der Waals surface area contributed by atoms with Gasteiger partial charge in [-0.15, -0.1) is 0 Å². The fraction of sp³-hybridized carbons (Fsp3) is 0.400. The van der Waals surface area contributed by atoms with E-state index >= 15 is 0 Å². The van der Waals surface area contributed by atoms with Crippen LogP contribution in [-0.2, 0) is 0 Å². The number of nitrogens with one attached hydrogen (secondary N) is 1. The summed E-state index contributed by atoms with van der Waals surface area (Å²) in [6, 6.07) is 0.